The van der Waals surface area contributed by atoms with E-state index < -0.39 is 0 Å². The first kappa shape index (κ1) is 14.7. The van der Waals surface area contributed by atoms with E-state index in [-0.39, 0.29) is 17.2 Å². The number of aromatic amines is 1. The fraction of sp³-hybridized carbons (Fsp3) is 0.0556. The van der Waals surface area contributed by atoms with Crippen LogP contribution in [0.25, 0.3) is 11.1 Å². The summed E-state index contributed by atoms with van der Waals surface area (Å²) in [7, 11) is 0. The van der Waals surface area contributed by atoms with E-state index in [1.807, 2.05) is 31.2 Å². The number of hydrogen-bond donors (Lipinski definition) is 2. The summed E-state index contributed by atoms with van der Waals surface area (Å²) in [6.07, 6.45) is 4.95. The van der Waals surface area contributed by atoms with Crippen molar-refractivity contribution < 1.29 is 4.79 Å². The van der Waals surface area contributed by atoms with Crippen LogP contribution in [0.1, 0.15) is 15.9 Å². The smallest absolute Gasteiger partial charge is 0.271 e. The van der Waals surface area contributed by atoms with Crippen LogP contribution in [-0.4, -0.2) is 15.9 Å². The van der Waals surface area contributed by atoms with E-state index in [1.54, 1.807) is 36.8 Å². The molecule has 3 aromatic rings. The molecule has 5 nitrogen and oxygen atoms in total. The summed E-state index contributed by atoms with van der Waals surface area (Å²) >= 11 is 0. The molecule has 0 atom stereocenters. The molecular weight excluding hydrogens is 290 g/mol. The van der Waals surface area contributed by atoms with Crippen molar-refractivity contribution in [3.63, 3.8) is 0 Å². The highest BCUT2D eigenvalue weighted by molar-refractivity contribution is 6.04. The third-order valence-corrected chi connectivity index (χ3v) is 3.48. The molecule has 0 spiro atoms. The number of aromatic nitrogens is 2. The van der Waals surface area contributed by atoms with Crippen LogP contribution in [0.3, 0.4) is 0 Å². The van der Waals surface area contributed by atoms with Gasteiger partial charge in [-0.05, 0) is 42.8 Å². The van der Waals surface area contributed by atoms with Gasteiger partial charge in [-0.3, -0.25) is 14.6 Å². The number of rotatable bonds is 3. The third kappa shape index (κ3) is 3.35. The van der Waals surface area contributed by atoms with Gasteiger partial charge in [-0.2, -0.15) is 0 Å². The summed E-state index contributed by atoms with van der Waals surface area (Å²) in [5.74, 6) is -0.317. The van der Waals surface area contributed by atoms with E-state index in [2.05, 4.69) is 15.3 Å². The molecule has 0 fully saturated rings. The first-order valence-corrected chi connectivity index (χ1v) is 7.14. The summed E-state index contributed by atoms with van der Waals surface area (Å²) in [5, 5.41) is 2.66. The van der Waals surface area contributed by atoms with Gasteiger partial charge in [-0.15, -0.1) is 0 Å². The second kappa shape index (κ2) is 6.27. The Morgan fingerprint density at radius 3 is 2.43 bits per heavy atom. The van der Waals surface area contributed by atoms with E-state index in [4.69, 9.17) is 0 Å². The van der Waals surface area contributed by atoms with Gasteiger partial charge in [0.15, 0.2) is 0 Å². The topological polar surface area (TPSA) is 74.8 Å². The zero-order valence-corrected chi connectivity index (χ0v) is 12.5. The highest BCUT2D eigenvalue weighted by Gasteiger charge is 2.09. The molecule has 0 aliphatic heterocycles. The van der Waals surface area contributed by atoms with E-state index in [1.165, 1.54) is 0 Å². The Balaban J connectivity index is 1.89. The second-order valence-electron chi connectivity index (χ2n) is 5.19. The summed E-state index contributed by atoms with van der Waals surface area (Å²) in [6.45, 7) is 1.95. The van der Waals surface area contributed by atoms with Gasteiger partial charge >= 0.3 is 0 Å². The maximum atomic E-state index is 12.3. The van der Waals surface area contributed by atoms with Crippen molar-refractivity contribution in [2.75, 3.05) is 5.32 Å². The molecule has 0 radical (unpaired) electrons. The number of benzene rings is 1. The highest BCUT2D eigenvalue weighted by Crippen LogP contribution is 2.19. The number of nitrogens with zero attached hydrogens (tertiary/aromatic N) is 1. The summed E-state index contributed by atoms with van der Waals surface area (Å²) in [5.41, 5.74) is 3.14. The largest absolute Gasteiger partial charge is 0.327 e. The third-order valence-electron chi connectivity index (χ3n) is 3.48. The van der Waals surface area contributed by atoms with Crippen molar-refractivity contribution in [3.05, 3.63) is 82.5 Å². The number of pyridine rings is 2. The number of amides is 1. The number of hydrogen-bond acceptors (Lipinski definition) is 3. The average Bonchev–Trinajstić information content (AvgIpc) is 2.58. The fourth-order valence-electron chi connectivity index (χ4n) is 2.19. The zero-order chi connectivity index (χ0) is 16.2. The first-order valence-electron chi connectivity index (χ1n) is 7.14. The van der Waals surface area contributed by atoms with Crippen LogP contribution in [0.15, 0.2) is 65.8 Å². The molecule has 0 aliphatic rings. The lowest BCUT2D eigenvalue weighted by molar-refractivity contribution is 0.102. The molecule has 0 saturated carbocycles. The van der Waals surface area contributed by atoms with Gasteiger partial charge in [0, 0.05) is 29.7 Å². The van der Waals surface area contributed by atoms with Gasteiger partial charge in [0.25, 0.3) is 11.5 Å². The lowest BCUT2D eigenvalue weighted by Gasteiger charge is -2.07. The van der Waals surface area contributed by atoms with Crippen molar-refractivity contribution in [1.82, 2.24) is 9.97 Å². The normalized spacial score (nSPS) is 10.3. The van der Waals surface area contributed by atoms with Gasteiger partial charge in [-0.25, -0.2) is 0 Å². The number of aryl methyl sites for hydroxylation is 1. The first-order chi connectivity index (χ1) is 11.1. The van der Waals surface area contributed by atoms with Crippen LogP contribution in [-0.2, 0) is 0 Å². The number of anilines is 1. The molecule has 1 amide bonds. The quantitative estimate of drug-likeness (QED) is 0.781. The van der Waals surface area contributed by atoms with Crippen LogP contribution in [0.4, 0.5) is 5.69 Å². The van der Waals surface area contributed by atoms with Gasteiger partial charge in [0.05, 0.1) is 0 Å². The minimum Gasteiger partial charge on any atom is -0.327 e. The molecule has 23 heavy (non-hydrogen) atoms. The molecule has 5 heteroatoms. The van der Waals surface area contributed by atoms with Crippen LogP contribution in [0.2, 0.25) is 0 Å². The molecule has 114 valence electrons. The van der Waals surface area contributed by atoms with Crippen molar-refractivity contribution in [1.29, 1.82) is 0 Å². The van der Waals surface area contributed by atoms with E-state index in [0.29, 0.717) is 5.56 Å². The maximum Gasteiger partial charge on any atom is 0.271 e. The predicted octanol–water partition coefficient (Wildman–Crippen LogP) is 3.00. The Morgan fingerprint density at radius 1 is 1.04 bits per heavy atom. The van der Waals surface area contributed by atoms with E-state index >= 15 is 0 Å². The molecule has 2 N–H and O–H groups in total. The minimum absolute atomic E-state index is 0.213. The van der Waals surface area contributed by atoms with Crippen LogP contribution >= 0.6 is 0 Å². The molecule has 0 saturated heterocycles. The Labute approximate surface area is 133 Å². The fourth-order valence-corrected chi connectivity index (χ4v) is 2.19. The molecule has 0 aliphatic carbocycles. The minimum atomic E-state index is -0.344. The lowest BCUT2D eigenvalue weighted by atomic mass is 10.1. The second-order valence-corrected chi connectivity index (χ2v) is 5.19. The molecule has 0 unspecified atom stereocenters. The lowest BCUT2D eigenvalue weighted by Crippen LogP contribution is -2.19. The van der Waals surface area contributed by atoms with Crippen molar-refractivity contribution >= 4 is 11.6 Å². The van der Waals surface area contributed by atoms with Crippen LogP contribution in [0, 0.1) is 6.92 Å². The van der Waals surface area contributed by atoms with Gasteiger partial charge in [-0.1, -0.05) is 17.7 Å². The molecule has 2 heterocycles. The van der Waals surface area contributed by atoms with Gasteiger partial charge in [0.2, 0.25) is 0 Å². The van der Waals surface area contributed by atoms with Crippen LogP contribution < -0.4 is 10.9 Å². The number of nitrogens with one attached hydrogen (secondary N) is 2. The number of carbonyl (C=O) groups excluding carboxylic acids is 1. The van der Waals surface area contributed by atoms with Crippen molar-refractivity contribution in [2.45, 2.75) is 6.92 Å². The Morgan fingerprint density at radius 2 is 1.74 bits per heavy atom. The van der Waals surface area contributed by atoms with Gasteiger partial charge in [0.1, 0.15) is 5.69 Å². The Kier molecular flexibility index (Phi) is 4.01. The van der Waals surface area contributed by atoms with Crippen LogP contribution in [0.5, 0.6) is 0 Å². The van der Waals surface area contributed by atoms with E-state index in [0.717, 1.165) is 16.7 Å². The van der Waals surface area contributed by atoms with Crippen molar-refractivity contribution in [3.8, 4) is 11.1 Å². The molecule has 0 bridgehead atoms. The molecular formula is C18H15N3O2. The molecule has 1 aromatic carbocycles. The standard InChI is InChI=1S/C18H15N3O2/c1-12-2-4-14(5-3-12)17(22)21-16-10-15(11-20-18(16)23)13-6-8-19-9-7-13/h2-11H,1H3,(H,20,23)(H,21,22). The average molecular weight is 305 g/mol. The summed E-state index contributed by atoms with van der Waals surface area (Å²) < 4.78 is 0. The maximum absolute atomic E-state index is 12.3. The number of carbonyl (C=O) groups is 1. The van der Waals surface area contributed by atoms with E-state index in [9.17, 15) is 9.59 Å². The van der Waals surface area contributed by atoms with Gasteiger partial charge < -0.3 is 10.3 Å². The predicted molar refractivity (Wildman–Crippen MR) is 89.4 cm³/mol. The highest BCUT2D eigenvalue weighted by atomic mass is 16.2. The summed E-state index contributed by atoms with van der Waals surface area (Å²) in [4.78, 5) is 30.8. The monoisotopic (exact) mass is 305 g/mol. The number of H-pyrrole nitrogens is 1. The SMILES string of the molecule is Cc1ccc(C(=O)Nc2cc(-c3ccncc3)c[nH]c2=O)cc1. The molecule has 2 aromatic heterocycles. The Hall–Kier alpha value is -3.21. The Bertz CT molecular complexity index is 884. The van der Waals surface area contributed by atoms with Crippen molar-refractivity contribution in [2.24, 2.45) is 0 Å². The molecule has 3 rings (SSSR count). The zero-order valence-electron chi connectivity index (χ0n) is 12.5. The summed E-state index contributed by atoms with van der Waals surface area (Å²) in [6, 6.07) is 12.5.